The smallest absolute Gasteiger partial charge is 0.259 e. The summed E-state index contributed by atoms with van der Waals surface area (Å²) in [6.07, 6.45) is 2.43. The summed E-state index contributed by atoms with van der Waals surface area (Å²) in [6.45, 7) is 4.02. The van der Waals surface area contributed by atoms with Gasteiger partial charge < -0.3 is 5.11 Å². The van der Waals surface area contributed by atoms with E-state index in [0.717, 1.165) is 6.42 Å². The van der Waals surface area contributed by atoms with E-state index in [9.17, 15) is 18.3 Å². The third kappa shape index (κ3) is 4.70. The van der Waals surface area contributed by atoms with Crippen molar-refractivity contribution in [1.82, 2.24) is 14.2 Å². The van der Waals surface area contributed by atoms with Crippen molar-refractivity contribution in [3.63, 3.8) is 0 Å². The number of anilines is 1. The molecule has 0 radical (unpaired) electrons. The number of sulfonamides is 1. The minimum atomic E-state index is -3.63. The van der Waals surface area contributed by atoms with Gasteiger partial charge in [-0.25, -0.2) is 13.4 Å². The number of carbonyl (C=O) groups excluding carboxylic acids is 1. The van der Waals surface area contributed by atoms with Crippen molar-refractivity contribution in [2.75, 3.05) is 44.7 Å². The van der Waals surface area contributed by atoms with E-state index in [4.69, 9.17) is 0 Å². The van der Waals surface area contributed by atoms with Crippen LogP contribution in [0.15, 0.2) is 53.6 Å². The molecule has 1 N–H and O–H groups in total. The summed E-state index contributed by atoms with van der Waals surface area (Å²) in [5.74, 6) is 0.256. The summed E-state index contributed by atoms with van der Waals surface area (Å²) < 4.78 is 27.4. The van der Waals surface area contributed by atoms with Crippen molar-refractivity contribution in [1.29, 1.82) is 0 Å². The van der Waals surface area contributed by atoms with Crippen molar-refractivity contribution in [3.8, 4) is 0 Å². The lowest BCUT2D eigenvalue weighted by molar-refractivity contribution is 0.0881. The highest BCUT2D eigenvalue weighted by atomic mass is 32.2. The maximum atomic E-state index is 13.0. The van der Waals surface area contributed by atoms with Crippen LogP contribution in [0.1, 0.15) is 23.7 Å². The first-order valence-corrected chi connectivity index (χ1v) is 11.5. The van der Waals surface area contributed by atoms with Crippen molar-refractivity contribution in [2.24, 2.45) is 0 Å². The van der Waals surface area contributed by atoms with E-state index >= 15 is 0 Å². The van der Waals surface area contributed by atoms with E-state index in [-0.39, 0.29) is 23.5 Å². The Morgan fingerprint density at radius 2 is 1.80 bits per heavy atom. The van der Waals surface area contributed by atoms with Crippen LogP contribution < -0.4 is 4.90 Å². The zero-order valence-corrected chi connectivity index (χ0v) is 18.1. The Morgan fingerprint density at radius 3 is 2.33 bits per heavy atom. The molecule has 1 atom stereocenters. The van der Waals surface area contributed by atoms with Crippen LogP contribution in [0, 0.1) is 0 Å². The second kappa shape index (κ2) is 9.65. The number of benzene rings is 1. The fourth-order valence-corrected chi connectivity index (χ4v) is 5.00. The summed E-state index contributed by atoms with van der Waals surface area (Å²) in [5.41, 5.74) is 0.389. The molecule has 1 aliphatic rings. The number of hydrogen-bond acceptors (Lipinski definition) is 6. The van der Waals surface area contributed by atoms with Gasteiger partial charge in [-0.2, -0.15) is 4.31 Å². The molecule has 9 heteroatoms. The van der Waals surface area contributed by atoms with E-state index in [1.54, 1.807) is 31.4 Å². The first-order valence-electron chi connectivity index (χ1n) is 10.0. The second-order valence-electron chi connectivity index (χ2n) is 7.26. The molecule has 1 amide bonds. The van der Waals surface area contributed by atoms with Crippen LogP contribution in [0.4, 0.5) is 5.82 Å². The van der Waals surface area contributed by atoms with Crippen LogP contribution in [0.2, 0.25) is 0 Å². The van der Waals surface area contributed by atoms with Crippen molar-refractivity contribution in [3.05, 3.63) is 54.2 Å². The predicted octanol–water partition coefficient (Wildman–Crippen LogP) is 1.44. The van der Waals surface area contributed by atoms with Gasteiger partial charge in [0.15, 0.2) is 0 Å². The molecule has 0 unspecified atom stereocenters. The van der Waals surface area contributed by atoms with Gasteiger partial charge >= 0.3 is 0 Å². The number of aliphatic hydroxyl groups excluding tert-OH is 1. The van der Waals surface area contributed by atoms with Gasteiger partial charge in [-0.15, -0.1) is 0 Å². The van der Waals surface area contributed by atoms with E-state index in [1.807, 2.05) is 6.92 Å². The third-order valence-electron chi connectivity index (χ3n) is 5.51. The number of carbonyl (C=O) groups is 1. The number of piperazine rings is 1. The summed E-state index contributed by atoms with van der Waals surface area (Å²) in [7, 11) is -2.00. The molecule has 0 spiro atoms. The standard InChI is InChI=1S/C21H28N4O4S/c1-3-18(16-26)24-12-14-25(15-13-24)30(28,29)19-9-7-17(8-10-19)21(27)23(2)20-6-4-5-11-22-20/h4-11,18,26H,3,12-16H2,1-2H3/t18-/m0/s1. The van der Waals surface area contributed by atoms with E-state index in [0.29, 0.717) is 37.6 Å². The largest absolute Gasteiger partial charge is 0.395 e. The maximum absolute atomic E-state index is 13.0. The molecule has 1 aromatic carbocycles. The Morgan fingerprint density at radius 1 is 1.13 bits per heavy atom. The van der Waals surface area contributed by atoms with Crippen LogP contribution in [0.5, 0.6) is 0 Å². The van der Waals surface area contributed by atoms with E-state index in [2.05, 4.69) is 9.88 Å². The SMILES string of the molecule is CC[C@@H](CO)N1CCN(S(=O)(=O)c2ccc(C(=O)N(C)c3ccccn3)cc2)CC1. The van der Waals surface area contributed by atoms with Gasteiger partial charge in [0.2, 0.25) is 10.0 Å². The second-order valence-corrected chi connectivity index (χ2v) is 9.20. The van der Waals surface area contributed by atoms with Gasteiger partial charge in [0.1, 0.15) is 5.82 Å². The van der Waals surface area contributed by atoms with Crippen molar-refractivity contribution < 1.29 is 18.3 Å². The van der Waals surface area contributed by atoms with Crippen LogP contribution >= 0.6 is 0 Å². The summed E-state index contributed by atoms with van der Waals surface area (Å²) in [5, 5.41) is 9.46. The molecule has 1 aromatic heterocycles. The topological polar surface area (TPSA) is 94.0 Å². The number of rotatable bonds is 7. The monoisotopic (exact) mass is 432 g/mol. The predicted molar refractivity (Wildman–Crippen MR) is 115 cm³/mol. The first kappa shape index (κ1) is 22.4. The zero-order chi connectivity index (χ0) is 21.7. The zero-order valence-electron chi connectivity index (χ0n) is 17.3. The molecule has 162 valence electrons. The van der Waals surface area contributed by atoms with Crippen molar-refractivity contribution >= 4 is 21.7 Å². The fraction of sp³-hybridized carbons (Fsp3) is 0.429. The van der Waals surface area contributed by atoms with E-state index in [1.165, 1.54) is 33.5 Å². The van der Waals surface area contributed by atoms with Crippen LogP contribution in [0.3, 0.4) is 0 Å². The molecule has 30 heavy (non-hydrogen) atoms. The summed E-state index contributed by atoms with van der Waals surface area (Å²) >= 11 is 0. The van der Waals surface area contributed by atoms with Crippen LogP contribution in [-0.4, -0.2) is 79.5 Å². The molecule has 0 saturated carbocycles. The number of hydrogen-bond donors (Lipinski definition) is 1. The Bertz CT molecular complexity index is 939. The Balaban J connectivity index is 1.69. The molecule has 1 aliphatic heterocycles. The lowest BCUT2D eigenvalue weighted by Gasteiger charge is -2.37. The summed E-state index contributed by atoms with van der Waals surface area (Å²) in [4.78, 5) is 20.5. The number of nitrogens with zero attached hydrogens (tertiary/aromatic N) is 4. The Kier molecular flexibility index (Phi) is 7.19. The highest BCUT2D eigenvalue weighted by Crippen LogP contribution is 2.20. The highest BCUT2D eigenvalue weighted by molar-refractivity contribution is 7.89. The molecule has 1 saturated heterocycles. The normalized spacial score (nSPS) is 16.9. The number of amides is 1. The molecule has 2 heterocycles. The highest BCUT2D eigenvalue weighted by Gasteiger charge is 2.30. The minimum absolute atomic E-state index is 0.0660. The number of aromatic nitrogens is 1. The van der Waals surface area contributed by atoms with Gasteiger partial charge in [0.05, 0.1) is 11.5 Å². The summed E-state index contributed by atoms with van der Waals surface area (Å²) in [6, 6.07) is 11.4. The molecule has 8 nitrogen and oxygen atoms in total. The van der Waals surface area contributed by atoms with Gasteiger partial charge in [-0.1, -0.05) is 13.0 Å². The molecule has 2 aromatic rings. The molecule has 0 bridgehead atoms. The average molecular weight is 433 g/mol. The lowest BCUT2D eigenvalue weighted by atomic mass is 10.2. The molecular formula is C21H28N4O4S. The van der Waals surface area contributed by atoms with Crippen molar-refractivity contribution in [2.45, 2.75) is 24.3 Å². The van der Waals surface area contributed by atoms with Crippen LogP contribution in [-0.2, 0) is 10.0 Å². The number of aliphatic hydroxyl groups is 1. The first-order chi connectivity index (χ1) is 14.4. The average Bonchev–Trinajstić information content (AvgIpc) is 2.80. The molecule has 3 rings (SSSR count). The molecular weight excluding hydrogens is 404 g/mol. The Labute approximate surface area is 177 Å². The third-order valence-corrected chi connectivity index (χ3v) is 7.42. The molecule has 1 fully saturated rings. The van der Waals surface area contributed by atoms with Gasteiger partial charge in [-0.3, -0.25) is 14.6 Å². The number of pyridine rings is 1. The van der Waals surface area contributed by atoms with Gasteiger partial charge in [0.25, 0.3) is 5.91 Å². The van der Waals surface area contributed by atoms with Gasteiger partial charge in [0, 0.05) is 51.0 Å². The van der Waals surface area contributed by atoms with Gasteiger partial charge in [-0.05, 0) is 42.8 Å². The fourth-order valence-electron chi connectivity index (χ4n) is 3.58. The molecule has 0 aliphatic carbocycles. The lowest BCUT2D eigenvalue weighted by Crippen LogP contribution is -2.52. The minimum Gasteiger partial charge on any atom is -0.395 e. The Hall–Kier alpha value is -2.33. The quantitative estimate of drug-likeness (QED) is 0.712. The van der Waals surface area contributed by atoms with Crippen LogP contribution in [0.25, 0.3) is 0 Å². The maximum Gasteiger partial charge on any atom is 0.259 e. The van der Waals surface area contributed by atoms with E-state index < -0.39 is 10.0 Å².